The maximum absolute atomic E-state index is 12.7. The Kier molecular flexibility index (Phi) is 4.36. The Morgan fingerprint density at radius 1 is 1.17 bits per heavy atom. The van der Waals surface area contributed by atoms with Gasteiger partial charge in [0, 0.05) is 10.6 Å². The number of aryl methyl sites for hydroxylation is 1. The molecule has 2 aromatic carbocycles. The second-order valence-corrected chi connectivity index (χ2v) is 5.65. The zero-order valence-electron chi connectivity index (χ0n) is 12.7. The molecule has 7 heteroatoms. The van der Waals surface area contributed by atoms with Gasteiger partial charge in [0.05, 0.1) is 11.8 Å². The lowest BCUT2D eigenvalue weighted by Crippen LogP contribution is -2.16. The molecule has 118 valence electrons. The summed E-state index contributed by atoms with van der Waals surface area (Å²) in [5.74, 6) is -1.27. The Morgan fingerprint density at radius 2 is 1.83 bits per heavy atom. The summed E-state index contributed by atoms with van der Waals surface area (Å²) in [5, 5.41) is 21.4. The first-order valence-electron chi connectivity index (χ1n) is 7.15. The van der Waals surface area contributed by atoms with E-state index in [1.54, 1.807) is 36.4 Å². The van der Waals surface area contributed by atoms with E-state index in [-0.39, 0.29) is 11.6 Å². The van der Waals surface area contributed by atoms with Crippen molar-refractivity contribution < 1.29 is 4.79 Å². The molecule has 1 atom stereocenters. The highest BCUT2D eigenvalue weighted by molar-refractivity contribution is 6.30. The SMILES string of the molecule is Cc1ccc(C(=O)C(C#N)c2nnnn2-c2ccc(Cl)cc2)cc1. The van der Waals surface area contributed by atoms with Gasteiger partial charge in [-0.1, -0.05) is 41.4 Å². The van der Waals surface area contributed by atoms with Gasteiger partial charge in [-0.25, -0.2) is 0 Å². The first-order chi connectivity index (χ1) is 11.6. The Bertz CT molecular complexity index is 909. The molecule has 3 rings (SSSR count). The second-order valence-electron chi connectivity index (χ2n) is 5.22. The zero-order valence-corrected chi connectivity index (χ0v) is 13.5. The van der Waals surface area contributed by atoms with E-state index in [1.807, 2.05) is 25.1 Å². The number of tetrazole rings is 1. The van der Waals surface area contributed by atoms with E-state index in [9.17, 15) is 10.1 Å². The molecule has 1 aromatic heterocycles. The summed E-state index contributed by atoms with van der Waals surface area (Å²) in [5.41, 5.74) is 2.10. The predicted octanol–water partition coefficient (Wildman–Crippen LogP) is 3.11. The van der Waals surface area contributed by atoms with Gasteiger partial charge in [-0.15, -0.1) is 5.10 Å². The fraction of sp³-hybridized carbons (Fsp3) is 0.118. The van der Waals surface area contributed by atoms with E-state index in [1.165, 1.54) is 4.68 Å². The summed E-state index contributed by atoms with van der Waals surface area (Å²) in [7, 11) is 0. The van der Waals surface area contributed by atoms with E-state index in [4.69, 9.17) is 11.6 Å². The highest BCUT2D eigenvalue weighted by Crippen LogP contribution is 2.21. The van der Waals surface area contributed by atoms with Crippen LogP contribution in [-0.4, -0.2) is 26.0 Å². The third-order valence-electron chi connectivity index (χ3n) is 3.55. The van der Waals surface area contributed by atoms with Gasteiger partial charge in [0.15, 0.2) is 17.5 Å². The number of halogens is 1. The summed E-state index contributed by atoms with van der Waals surface area (Å²) in [6.45, 7) is 1.93. The molecule has 0 fully saturated rings. The number of carbonyl (C=O) groups is 1. The number of ketones is 1. The minimum Gasteiger partial charge on any atom is -0.292 e. The fourth-order valence-electron chi connectivity index (χ4n) is 2.26. The van der Waals surface area contributed by atoms with Crippen molar-refractivity contribution in [3.05, 3.63) is 70.5 Å². The van der Waals surface area contributed by atoms with Gasteiger partial charge in [-0.05, 0) is 41.6 Å². The molecule has 1 heterocycles. The standard InChI is InChI=1S/C17H12ClN5O/c1-11-2-4-12(5-3-11)16(24)15(10-19)17-20-21-22-23(17)14-8-6-13(18)7-9-14/h2-9,15H,1H3. The van der Waals surface area contributed by atoms with Gasteiger partial charge in [0.1, 0.15) is 0 Å². The highest BCUT2D eigenvalue weighted by atomic mass is 35.5. The van der Waals surface area contributed by atoms with Crippen molar-refractivity contribution in [2.24, 2.45) is 0 Å². The van der Waals surface area contributed by atoms with Gasteiger partial charge >= 0.3 is 0 Å². The van der Waals surface area contributed by atoms with Crippen molar-refractivity contribution >= 4 is 17.4 Å². The number of nitrogens with zero attached hydrogens (tertiary/aromatic N) is 5. The third-order valence-corrected chi connectivity index (χ3v) is 3.80. The number of rotatable bonds is 4. The largest absolute Gasteiger partial charge is 0.292 e. The van der Waals surface area contributed by atoms with Crippen LogP contribution in [0, 0.1) is 18.3 Å². The van der Waals surface area contributed by atoms with E-state index in [2.05, 4.69) is 15.5 Å². The number of benzene rings is 2. The van der Waals surface area contributed by atoms with E-state index >= 15 is 0 Å². The Hall–Kier alpha value is -3.04. The van der Waals surface area contributed by atoms with Crippen LogP contribution in [0.5, 0.6) is 0 Å². The van der Waals surface area contributed by atoms with Gasteiger partial charge in [0.25, 0.3) is 0 Å². The zero-order chi connectivity index (χ0) is 17.1. The van der Waals surface area contributed by atoms with Crippen molar-refractivity contribution in [1.82, 2.24) is 20.2 Å². The monoisotopic (exact) mass is 337 g/mol. The number of Topliss-reactive ketones (excluding diaryl/α,β-unsaturated/α-hetero) is 1. The number of nitriles is 1. The summed E-state index contributed by atoms with van der Waals surface area (Å²) in [6.07, 6.45) is 0. The number of hydrogen-bond donors (Lipinski definition) is 0. The molecule has 0 aliphatic carbocycles. The molecule has 0 saturated heterocycles. The number of carbonyl (C=O) groups excluding carboxylic acids is 1. The van der Waals surface area contributed by atoms with Crippen LogP contribution in [0.2, 0.25) is 5.02 Å². The Morgan fingerprint density at radius 3 is 2.46 bits per heavy atom. The summed E-state index contributed by atoms with van der Waals surface area (Å²) in [6, 6.07) is 15.8. The van der Waals surface area contributed by atoms with Crippen LogP contribution in [0.1, 0.15) is 27.7 Å². The Balaban J connectivity index is 1.99. The molecule has 0 bridgehead atoms. The molecule has 0 amide bonds. The topological polar surface area (TPSA) is 84.5 Å². The van der Waals surface area contributed by atoms with Crippen LogP contribution in [-0.2, 0) is 0 Å². The molecule has 24 heavy (non-hydrogen) atoms. The molecule has 6 nitrogen and oxygen atoms in total. The number of aromatic nitrogens is 4. The van der Waals surface area contributed by atoms with Crippen LogP contribution < -0.4 is 0 Å². The summed E-state index contributed by atoms with van der Waals surface area (Å²) >= 11 is 5.88. The predicted molar refractivity (Wildman–Crippen MR) is 88.0 cm³/mol. The lowest BCUT2D eigenvalue weighted by atomic mass is 9.97. The fourth-order valence-corrected chi connectivity index (χ4v) is 2.38. The van der Waals surface area contributed by atoms with Crippen molar-refractivity contribution in [3.63, 3.8) is 0 Å². The van der Waals surface area contributed by atoms with Crippen LogP contribution >= 0.6 is 11.6 Å². The summed E-state index contributed by atoms with van der Waals surface area (Å²) in [4.78, 5) is 12.7. The van der Waals surface area contributed by atoms with E-state index < -0.39 is 5.92 Å². The van der Waals surface area contributed by atoms with Crippen molar-refractivity contribution in [2.45, 2.75) is 12.8 Å². The molecule has 0 saturated carbocycles. The van der Waals surface area contributed by atoms with Crippen molar-refractivity contribution in [2.75, 3.05) is 0 Å². The molecular weight excluding hydrogens is 326 g/mol. The normalized spacial score (nSPS) is 11.7. The maximum Gasteiger partial charge on any atom is 0.187 e. The van der Waals surface area contributed by atoms with Gasteiger partial charge in [-0.3, -0.25) is 4.79 Å². The molecule has 0 N–H and O–H groups in total. The van der Waals surface area contributed by atoms with E-state index in [0.717, 1.165) is 5.56 Å². The molecule has 0 spiro atoms. The average Bonchev–Trinajstić information content (AvgIpc) is 3.06. The van der Waals surface area contributed by atoms with Crippen molar-refractivity contribution in [3.8, 4) is 11.8 Å². The molecule has 0 aliphatic heterocycles. The quantitative estimate of drug-likeness (QED) is 0.683. The number of hydrogen-bond acceptors (Lipinski definition) is 5. The van der Waals surface area contributed by atoms with Crippen LogP contribution in [0.15, 0.2) is 48.5 Å². The molecular formula is C17H12ClN5O. The summed E-state index contributed by atoms with van der Waals surface area (Å²) < 4.78 is 1.37. The van der Waals surface area contributed by atoms with Gasteiger partial charge < -0.3 is 0 Å². The van der Waals surface area contributed by atoms with Crippen LogP contribution in [0.4, 0.5) is 0 Å². The third kappa shape index (κ3) is 3.03. The lowest BCUT2D eigenvalue weighted by Gasteiger charge is -2.09. The highest BCUT2D eigenvalue weighted by Gasteiger charge is 2.28. The first kappa shape index (κ1) is 15.8. The smallest absolute Gasteiger partial charge is 0.187 e. The van der Waals surface area contributed by atoms with Gasteiger partial charge in [0.2, 0.25) is 0 Å². The average molecular weight is 338 g/mol. The minimum atomic E-state index is -1.10. The maximum atomic E-state index is 12.7. The Labute approximate surface area is 143 Å². The van der Waals surface area contributed by atoms with Crippen LogP contribution in [0.3, 0.4) is 0 Å². The van der Waals surface area contributed by atoms with E-state index in [0.29, 0.717) is 16.3 Å². The second kappa shape index (κ2) is 6.60. The molecule has 0 aliphatic rings. The molecule has 3 aromatic rings. The van der Waals surface area contributed by atoms with Gasteiger partial charge in [-0.2, -0.15) is 9.94 Å². The van der Waals surface area contributed by atoms with Crippen molar-refractivity contribution in [1.29, 1.82) is 5.26 Å². The lowest BCUT2D eigenvalue weighted by molar-refractivity contribution is 0.0975. The molecule has 1 unspecified atom stereocenters. The van der Waals surface area contributed by atoms with Crippen LogP contribution in [0.25, 0.3) is 5.69 Å². The minimum absolute atomic E-state index is 0.172. The first-order valence-corrected chi connectivity index (χ1v) is 7.52. The molecule has 0 radical (unpaired) electrons.